The molecule has 0 fully saturated rings. The van der Waals surface area contributed by atoms with E-state index in [1.54, 1.807) is 6.20 Å². The first-order valence-corrected chi connectivity index (χ1v) is 8.31. The van der Waals surface area contributed by atoms with Crippen molar-refractivity contribution < 1.29 is 14.3 Å². The molecule has 0 saturated heterocycles. The Morgan fingerprint density at radius 1 is 1.40 bits per heavy atom. The lowest BCUT2D eigenvalue weighted by Gasteiger charge is -2.19. The molecule has 0 aliphatic carbocycles. The van der Waals surface area contributed by atoms with Crippen LogP contribution in [0.4, 0.5) is 0 Å². The van der Waals surface area contributed by atoms with Gasteiger partial charge in [-0.2, -0.15) is 0 Å². The second-order valence-electron chi connectivity index (χ2n) is 6.95. The van der Waals surface area contributed by atoms with Crippen molar-refractivity contribution in [2.45, 2.75) is 46.8 Å². The van der Waals surface area contributed by atoms with Crippen molar-refractivity contribution in [1.82, 2.24) is 9.55 Å². The highest BCUT2D eigenvalue weighted by Crippen LogP contribution is 2.27. The van der Waals surface area contributed by atoms with Crippen LogP contribution < -0.4 is 4.74 Å². The average molecular weight is 342 g/mol. The fourth-order valence-electron chi connectivity index (χ4n) is 2.61. The molecule has 2 aromatic rings. The van der Waals surface area contributed by atoms with E-state index in [1.807, 2.05) is 58.9 Å². The number of ether oxygens (including phenoxy) is 2. The summed E-state index contributed by atoms with van der Waals surface area (Å²) in [5.74, 6) is 0.0192. The zero-order valence-electron chi connectivity index (χ0n) is 15.6. The van der Waals surface area contributed by atoms with E-state index >= 15 is 0 Å². The number of hydrogen-bond donors (Lipinski definition) is 0. The molecular weight excluding hydrogens is 316 g/mol. The molecule has 0 atom stereocenters. The maximum absolute atomic E-state index is 11.9. The van der Waals surface area contributed by atoms with E-state index in [9.17, 15) is 4.79 Å². The zero-order chi connectivity index (χ0) is 18.6. The molecule has 0 unspecified atom stereocenters. The summed E-state index contributed by atoms with van der Waals surface area (Å²) < 4.78 is 13.0. The molecule has 0 bridgehead atoms. The van der Waals surface area contributed by atoms with Gasteiger partial charge in [0.1, 0.15) is 5.60 Å². The Hall–Kier alpha value is -2.56. The number of carbonyl (C=O) groups is 1. The number of carbonyl (C=O) groups excluding carboxylic acids is 1. The van der Waals surface area contributed by atoms with Gasteiger partial charge >= 0.3 is 5.97 Å². The molecule has 5 heteroatoms. The fourth-order valence-corrected chi connectivity index (χ4v) is 2.61. The van der Waals surface area contributed by atoms with Gasteiger partial charge in [-0.1, -0.05) is 18.7 Å². The zero-order valence-corrected chi connectivity index (χ0v) is 15.6. The lowest BCUT2D eigenvalue weighted by Crippen LogP contribution is -2.27. The molecule has 5 nitrogen and oxygen atoms in total. The van der Waals surface area contributed by atoms with E-state index in [0.717, 1.165) is 22.2 Å². The van der Waals surface area contributed by atoms with Crippen LogP contribution in [0.1, 0.15) is 33.4 Å². The van der Waals surface area contributed by atoms with Crippen LogP contribution in [0.5, 0.6) is 5.88 Å². The van der Waals surface area contributed by atoms with Gasteiger partial charge in [-0.05, 0) is 52.3 Å². The second-order valence-corrected chi connectivity index (χ2v) is 6.95. The summed E-state index contributed by atoms with van der Waals surface area (Å²) in [7, 11) is 0. The molecule has 0 N–H and O–H groups in total. The van der Waals surface area contributed by atoms with Gasteiger partial charge in [0, 0.05) is 18.4 Å². The highest BCUT2D eigenvalue weighted by molar-refractivity contribution is 5.86. The molecule has 0 saturated carbocycles. The molecule has 2 heterocycles. The average Bonchev–Trinajstić information content (AvgIpc) is 2.80. The SMILES string of the molecule is C=C(/C=C\C)Cn1c(C)cc2c(OCC(=O)OC(C)(C)C)nccc21. The Labute approximate surface area is 149 Å². The highest BCUT2D eigenvalue weighted by atomic mass is 16.6. The Morgan fingerprint density at radius 3 is 2.76 bits per heavy atom. The standard InChI is InChI=1S/C20H26N2O3/c1-7-8-14(2)12-22-15(3)11-16-17(22)9-10-21-19(16)24-13-18(23)25-20(4,5)6/h7-11H,2,12-13H2,1,3-6H3/b8-7-. The maximum Gasteiger partial charge on any atom is 0.344 e. The topological polar surface area (TPSA) is 53.4 Å². The first kappa shape index (κ1) is 18.8. The van der Waals surface area contributed by atoms with Crippen molar-refractivity contribution in [3.05, 3.63) is 48.3 Å². The minimum Gasteiger partial charge on any atom is -0.465 e. The Bertz CT molecular complexity index is 810. The van der Waals surface area contributed by atoms with Gasteiger partial charge in [0.2, 0.25) is 5.88 Å². The van der Waals surface area contributed by atoms with Crippen molar-refractivity contribution >= 4 is 16.9 Å². The number of hydrogen-bond acceptors (Lipinski definition) is 4. The van der Waals surface area contributed by atoms with E-state index in [2.05, 4.69) is 16.1 Å². The predicted octanol–water partition coefficient (Wildman–Crippen LogP) is 4.20. The number of allylic oxidation sites excluding steroid dienone is 3. The van der Waals surface area contributed by atoms with Gasteiger partial charge in [0.05, 0.1) is 10.9 Å². The van der Waals surface area contributed by atoms with Gasteiger partial charge in [0.15, 0.2) is 6.61 Å². The van der Waals surface area contributed by atoms with Crippen LogP contribution in [0.25, 0.3) is 10.9 Å². The number of rotatable bonds is 6. The Kier molecular flexibility index (Phi) is 5.67. The van der Waals surface area contributed by atoms with Gasteiger partial charge in [0.25, 0.3) is 0 Å². The summed E-state index contributed by atoms with van der Waals surface area (Å²) in [6, 6.07) is 3.95. The van der Waals surface area contributed by atoms with Crippen LogP contribution in [0.2, 0.25) is 0 Å². The smallest absolute Gasteiger partial charge is 0.344 e. The van der Waals surface area contributed by atoms with Gasteiger partial charge < -0.3 is 14.0 Å². The number of esters is 1. The van der Waals surface area contributed by atoms with Gasteiger partial charge in [-0.15, -0.1) is 0 Å². The highest BCUT2D eigenvalue weighted by Gasteiger charge is 2.18. The molecule has 134 valence electrons. The second kappa shape index (κ2) is 7.55. The third-order valence-electron chi connectivity index (χ3n) is 3.51. The summed E-state index contributed by atoms with van der Waals surface area (Å²) >= 11 is 0. The lowest BCUT2D eigenvalue weighted by atomic mass is 10.2. The maximum atomic E-state index is 11.9. The molecular formula is C20H26N2O3. The summed E-state index contributed by atoms with van der Waals surface area (Å²) in [6.07, 6.45) is 5.65. The Balaban J connectivity index is 2.22. The van der Waals surface area contributed by atoms with Gasteiger partial charge in [-0.25, -0.2) is 9.78 Å². The van der Waals surface area contributed by atoms with Crippen LogP contribution in [-0.4, -0.2) is 27.7 Å². The van der Waals surface area contributed by atoms with Crippen molar-refractivity contribution in [3.63, 3.8) is 0 Å². The fraction of sp³-hybridized carbons (Fsp3) is 0.400. The third-order valence-corrected chi connectivity index (χ3v) is 3.51. The molecule has 0 aliphatic heterocycles. The van der Waals surface area contributed by atoms with E-state index in [0.29, 0.717) is 12.4 Å². The first-order valence-electron chi connectivity index (χ1n) is 8.31. The minimum absolute atomic E-state index is 0.168. The minimum atomic E-state index is -0.535. The molecule has 25 heavy (non-hydrogen) atoms. The first-order chi connectivity index (χ1) is 11.7. The molecule has 2 rings (SSSR count). The summed E-state index contributed by atoms with van der Waals surface area (Å²) in [5, 5.41) is 0.872. The number of aromatic nitrogens is 2. The van der Waals surface area contributed by atoms with E-state index in [4.69, 9.17) is 9.47 Å². The predicted molar refractivity (Wildman–Crippen MR) is 99.8 cm³/mol. The van der Waals surface area contributed by atoms with Crippen LogP contribution in [-0.2, 0) is 16.1 Å². The third kappa shape index (κ3) is 4.95. The van der Waals surface area contributed by atoms with Crippen LogP contribution in [0, 0.1) is 6.92 Å². The molecule has 0 amide bonds. The number of pyridine rings is 1. The quantitative estimate of drug-likeness (QED) is 0.583. The van der Waals surface area contributed by atoms with Gasteiger partial charge in [-0.3, -0.25) is 0 Å². The Morgan fingerprint density at radius 2 is 2.12 bits per heavy atom. The number of nitrogens with zero attached hydrogens (tertiary/aromatic N) is 2. The van der Waals surface area contributed by atoms with Crippen LogP contribution in [0.3, 0.4) is 0 Å². The van der Waals surface area contributed by atoms with Crippen LogP contribution in [0.15, 0.2) is 42.6 Å². The summed E-state index contributed by atoms with van der Waals surface area (Å²) in [6.45, 7) is 14.1. The number of aryl methyl sites for hydroxylation is 1. The summed E-state index contributed by atoms with van der Waals surface area (Å²) in [4.78, 5) is 16.1. The monoisotopic (exact) mass is 342 g/mol. The van der Waals surface area contributed by atoms with Crippen molar-refractivity contribution in [2.75, 3.05) is 6.61 Å². The van der Waals surface area contributed by atoms with Crippen molar-refractivity contribution in [1.29, 1.82) is 0 Å². The lowest BCUT2D eigenvalue weighted by molar-refractivity contribution is -0.157. The normalized spacial score (nSPS) is 11.9. The van der Waals surface area contributed by atoms with E-state index in [-0.39, 0.29) is 6.61 Å². The molecule has 0 aliphatic rings. The molecule has 2 aromatic heterocycles. The molecule has 0 radical (unpaired) electrons. The molecule has 0 aromatic carbocycles. The largest absolute Gasteiger partial charge is 0.465 e. The van der Waals surface area contributed by atoms with E-state index < -0.39 is 11.6 Å². The van der Waals surface area contributed by atoms with Crippen molar-refractivity contribution in [3.8, 4) is 5.88 Å². The summed E-state index contributed by atoms with van der Waals surface area (Å²) in [5.41, 5.74) is 2.55. The molecule has 0 spiro atoms. The number of fused-ring (bicyclic) bond motifs is 1. The van der Waals surface area contributed by atoms with E-state index in [1.165, 1.54) is 0 Å². The van der Waals surface area contributed by atoms with Crippen LogP contribution >= 0.6 is 0 Å². The van der Waals surface area contributed by atoms with Crippen molar-refractivity contribution in [2.24, 2.45) is 0 Å².